The molecule has 1 N–H and O–H groups in total. The van der Waals surface area contributed by atoms with Gasteiger partial charge in [-0.2, -0.15) is 0 Å². The third-order valence-electron chi connectivity index (χ3n) is 4.89. The van der Waals surface area contributed by atoms with E-state index in [2.05, 4.69) is 9.62 Å². The molecule has 0 unspecified atom stereocenters. The number of nitrogens with one attached hydrogen (secondary N) is 1. The van der Waals surface area contributed by atoms with Crippen LogP contribution in [0.1, 0.15) is 19.3 Å². The Balaban J connectivity index is 1.57. The molecule has 1 fully saturated rings. The van der Waals surface area contributed by atoms with Gasteiger partial charge in [0, 0.05) is 6.54 Å². The summed E-state index contributed by atoms with van der Waals surface area (Å²) in [4.78, 5) is 0. The van der Waals surface area contributed by atoms with Crippen LogP contribution in [0.25, 0.3) is 0 Å². The summed E-state index contributed by atoms with van der Waals surface area (Å²) in [6, 6.07) is 11.8. The fourth-order valence-corrected chi connectivity index (χ4v) is 4.63. The summed E-state index contributed by atoms with van der Waals surface area (Å²) < 4.78 is 32.4. The second-order valence-electron chi connectivity index (χ2n) is 6.52. The van der Waals surface area contributed by atoms with Gasteiger partial charge in [-0.25, -0.2) is 8.78 Å². The van der Waals surface area contributed by atoms with Gasteiger partial charge >= 0.3 is 0 Å². The lowest BCUT2D eigenvalue weighted by Gasteiger charge is -2.25. The standard InChI is InChI=1S/C19H21F2N3S/c20-15-4-3-5-16(21)19(15)24-18-7-2-1-6-17(18)23(25-24)13-10-14-8-11-22-12-9-14/h1-7,14,22H,8-13H2. The number of nitrogens with zero attached hydrogens (tertiary/aromatic N) is 2. The Kier molecular flexibility index (Phi) is 4.81. The molecule has 25 heavy (non-hydrogen) atoms. The van der Waals surface area contributed by atoms with E-state index < -0.39 is 11.6 Å². The quantitative estimate of drug-likeness (QED) is 0.782. The summed E-state index contributed by atoms with van der Waals surface area (Å²) >= 11 is 1.38. The minimum absolute atomic E-state index is 0.00400. The molecule has 0 saturated carbocycles. The maximum absolute atomic E-state index is 14.3. The highest BCUT2D eigenvalue weighted by atomic mass is 32.2. The molecule has 0 bridgehead atoms. The Labute approximate surface area is 151 Å². The first-order valence-corrected chi connectivity index (χ1v) is 9.46. The molecule has 0 spiro atoms. The summed E-state index contributed by atoms with van der Waals surface area (Å²) in [5.41, 5.74) is 1.86. The number of hydrogen-bond acceptors (Lipinski definition) is 4. The Bertz CT molecular complexity index is 729. The first-order chi connectivity index (χ1) is 12.2. The molecule has 6 heteroatoms. The van der Waals surface area contributed by atoms with Crippen molar-refractivity contribution in [1.82, 2.24) is 5.32 Å². The van der Waals surface area contributed by atoms with Gasteiger partial charge in [0.2, 0.25) is 0 Å². The molecule has 2 aromatic carbocycles. The Hall–Kier alpha value is -1.79. The van der Waals surface area contributed by atoms with Crippen LogP contribution in [-0.4, -0.2) is 19.6 Å². The molecule has 0 aliphatic carbocycles. The zero-order chi connectivity index (χ0) is 17.2. The van der Waals surface area contributed by atoms with Crippen LogP contribution in [0.4, 0.5) is 25.8 Å². The van der Waals surface area contributed by atoms with Crippen molar-refractivity contribution in [3.8, 4) is 0 Å². The fraction of sp³-hybridized carbons (Fsp3) is 0.368. The summed E-state index contributed by atoms with van der Waals surface area (Å²) in [5.74, 6) is -0.363. The molecule has 3 nitrogen and oxygen atoms in total. The average Bonchev–Trinajstić information content (AvgIpc) is 3.00. The second kappa shape index (κ2) is 7.22. The molecule has 1 saturated heterocycles. The molecular formula is C19H21F2N3S. The van der Waals surface area contributed by atoms with Crippen molar-refractivity contribution < 1.29 is 8.78 Å². The topological polar surface area (TPSA) is 18.5 Å². The third kappa shape index (κ3) is 3.33. The van der Waals surface area contributed by atoms with Crippen LogP contribution in [0, 0.1) is 17.6 Å². The van der Waals surface area contributed by atoms with Crippen LogP contribution in [-0.2, 0) is 0 Å². The summed E-state index contributed by atoms with van der Waals surface area (Å²) in [7, 11) is 0. The van der Waals surface area contributed by atoms with Crippen molar-refractivity contribution in [2.75, 3.05) is 28.2 Å². The molecule has 2 aliphatic heterocycles. The predicted molar refractivity (Wildman–Crippen MR) is 100 cm³/mol. The number of benzene rings is 2. The second-order valence-corrected chi connectivity index (χ2v) is 7.49. The van der Waals surface area contributed by atoms with Gasteiger partial charge in [-0.05, 0) is 62.5 Å². The summed E-state index contributed by atoms with van der Waals surface area (Å²) in [6.45, 7) is 3.04. The minimum Gasteiger partial charge on any atom is -0.317 e. The predicted octanol–water partition coefficient (Wildman–Crippen LogP) is 4.88. The van der Waals surface area contributed by atoms with Gasteiger partial charge < -0.3 is 5.32 Å². The van der Waals surface area contributed by atoms with Crippen molar-refractivity contribution in [3.05, 3.63) is 54.1 Å². The first-order valence-electron chi connectivity index (χ1n) is 8.73. The summed E-state index contributed by atoms with van der Waals surface area (Å²) in [6.07, 6.45) is 3.49. The van der Waals surface area contributed by atoms with Crippen molar-refractivity contribution in [3.63, 3.8) is 0 Å². The van der Waals surface area contributed by atoms with Gasteiger partial charge in [-0.15, -0.1) is 0 Å². The Morgan fingerprint density at radius 2 is 1.64 bits per heavy atom. The average molecular weight is 361 g/mol. The SMILES string of the molecule is Fc1cccc(F)c1N1SN(CCC2CCNCC2)c2ccccc21. The van der Waals surface area contributed by atoms with E-state index in [0.717, 1.165) is 37.4 Å². The molecule has 0 amide bonds. The highest BCUT2D eigenvalue weighted by molar-refractivity contribution is 8.02. The molecule has 0 atom stereocenters. The number of rotatable bonds is 4. The van der Waals surface area contributed by atoms with Crippen LogP contribution >= 0.6 is 12.1 Å². The maximum Gasteiger partial charge on any atom is 0.150 e. The normalized spacial score (nSPS) is 17.8. The highest BCUT2D eigenvalue weighted by Crippen LogP contribution is 2.50. The Morgan fingerprint density at radius 3 is 2.36 bits per heavy atom. The number of anilines is 3. The van der Waals surface area contributed by atoms with Gasteiger partial charge in [-0.3, -0.25) is 8.61 Å². The van der Waals surface area contributed by atoms with Gasteiger partial charge in [0.05, 0.1) is 23.5 Å². The van der Waals surface area contributed by atoms with Gasteiger partial charge in [0.25, 0.3) is 0 Å². The van der Waals surface area contributed by atoms with Crippen LogP contribution in [0.5, 0.6) is 0 Å². The minimum atomic E-state index is -0.539. The maximum atomic E-state index is 14.3. The fourth-order valence-electron chi connectivity index (χ4n) is 3.51. The lowest BCUT2D eigenvalue weighted by molar-refractivity contribution is 0.359. The highest BCUT2D eigenvalue weighted by Gasteiger charge is 2.32. The lowest BCUT2D eigenvalue weighted by atomic mass is 9.95. The number of para-hydroxylation sites is 3. The monoisotopic (exact) mass is 361 g/mol. The van der Waals surface area contributed by atoms with Crippen molar-refractivity contribution in [2.24, 2.45) is 5.92 Å². The van der Waals surface area contributed by atoms with Crippen LogP contribution in [0.3, 0.4) is 0 Å². The third-order valence-corrected chi connectivity index (χ3v) is 6.01. The van der Waals surface area contributed by atoms with E-state index in [1.807, 2.05) is 24.3 Å². The van der Waals surface area contributed by atoms with Gasteiger partial charge in [0.15, 0.2) is 11.6 Å². The lowest BCUT2D eigenvalue weighted by Crippen LogP contribution is -2.29. The largest absolute Gasteiger partial charge is 0.317 e. The molecule has 2 heterocycles. The van der Waals surface area contributed by atoms with Crippen LogP contribution in [0.15, 0.2) is 42.5 Å². The van der Waals surface area contributed by atoms with Gasteiger partial charge in [-0.1, -0.05) is 18.2 Å². The smallest absolute Gasteiger partial charge is 0.150 e. The van der Waals surface area contributed by atoms with Crippen molar-refractivity contribution in [2.45, 2.75) is 19.3 Å². The molecule has 0 aromatic heterocycles. The van der Waals surface area contributed by atoms with E-state index >= 15 is 0 Å². The number of halogens is 2. The van der Waals surface area contributed by atoms with E-state index in [1.54, 1.807) is 4.31 Å². The Morgan fingerprint density at radius 1 is 0.960 bits per heavy atom. The molecule has 2 aliphatic rings. The number of hydrogen-bond donors (Lipinski definition) is 1. The van der Waals surface area contributed by atoms with Crippen LogP contribution in [0.2, 0.25) is 0 Å². The van der Waals surface area contributed by atoms with Crippen molar-refractivity contribution >= 4 is 29.2 Å². The zero-order valence-corrected chi connectivity index (χ0v) is 14.7. The number of fused-ring (bicyclic) bond motifs is 1. The molecule has 4 rings (SSSR count). The van der Waals surface area contributed by atoms with E-state index in [4.69, 9.17) is 0 Å². The number of piperidine rings is 1. The molecular weight excluding hydrogens is 340 g/mol. The first kappa shape index (κ1) is 16.7. The van der Waals surface area contributed by atoms with E-state index in [9.17, 15) is 8.78 Å². The van der Waals surface area contributed by atoms with Crippen molar-refractivity contribution in [1.29, 1.82) is 0 Å². The summed E-state index contributed by atoms with van der Waals surface area (Å²) in [5, 5.41) is 3.39. The van der Waals surface area contributed by atoms with Crippen LogP contribution < -0.4 is 13.9 Å². The molecule has 132 valence electrons. The van der Waals surface area contributed by atoms with Gasteiger partial charge in [0.1, 0.15) is 5.69 Å². The van der Waals surface area contributed by atoms with E-state index in [0.29, 0.717) is 5.92 Å². The van der Waals surface area contributed by atoms with E-state index in [1.165, 1.54) is 43.2 Å². The molecule has 2 aromatic rings. The zero-order valence-electron chi connectivity index (χ0n) is 13.9. The van der Waals surface area contributed by atoms with E-state index in [-0.39, 0.29) is 5.69 Å². The molecule has 0 radical (unpaired) electrons.